The summed E-state index contributed by atoms with van der Waals surface area (Å²) in [5.41, 5.74) is 4.21. The average molecular weight is 405 g/mol. The maximum absolute atomic E-state index is 13.4. The molecule has 9 nitrogen and oxygen atoms in total. The number of pyridine rings is 1. The minimum atomic E-state index is -0.434. The Balaban J connectivity index is 1.59. The van der Waals surface area contributed by atoms with Crippen LogP contribution in [0.15, 0.2) is 35.0 Å². The van der Waals surface area contributed by atoms with Gasteiger partial charge in [-0.1, -0.05) is 26.8 Å². The molecule has 0 fully saturated rings. The molecule has 0 bridgehead atoms. The van der Waals surface area contributed by atoms with Crippen molar-refractivity contribution in [3.05, 3.63) is 65.1 Å². The molecule has 4 aromatic heterocycles. The number of H-pyrrole nitrogens is 1. The zero-order valence-electron chi connectivity index (χ0n) is 17.4. The number of nitrogens with zero attached hydrogens (tertiary/aromatic N) is 6. The molecule has 0 unspecified atom stereocenters. The quantitative estimate of drug-likeness (QED) is 0.550. The zero-order chi connectivity index (χ0) is 21.0. The number of carbonyl (C=O) groups is 1. The molecule has 9 heteroatoms. The van der Waals surface area contributed by atoms with Gasteiger partial charge in [0.25, 0.3) is 0 Å². The lowest BCUT2D eigenvalue weighted by Crippen LogP contribution is -2.41. The Bertz CT molecular complexity index is 1240. The van der Waals surface area contributed by atoms with E-state index < -0.39 is 6.04 Å². The third-order valence-corrected chi connectivity index (χ3v) is 5.41. The van der Waals surface area contributed by atoms with Gasteiger partial charge in [0, 0.05) is 29.8 Å². The lowest BCUT2D eigenvalue weighted by atomic mass is 9.97. The van der Waals surface area contributed by atoms with Crippen molar-refractivity contribution in [2.75, 3.05) is 6.54 Å². The molecule has 0 saturated carbocycles. The molecule has 0 radical (unpaired) electrons. The van der Waals surface area contributed by atoms with Gasteiger partial charge in [0.05, 0.1) is 23.2 Å². The van der Waals surface area contributed by atoms with Gasteiger partial charge >= 0.3 is 11.8 Å². The van der Waals surface area contributed by atoms with E-state index >= 15 is 0 Å². The Morgan fingerprint density at radius 2 is 2.10 bits per heavy atom. The van der Waals surface area contributed by atoms with Gasteiger partial charge < -0.3 is 14.3 Å². The van der Waals surface area contributed by atoms with Crippen LogP contribution in [-0.2, 0) is 11.8 Å². The normalized spacial score (nSPS) is 16.8. The van der Waals surface area contributed by atoms with Crippen molar-refractivity contribution in [1.29, 1.82) is 0 Å². The maximum atomic E-state index is 13.4. The summed E-state index contributed by atoms with van der Waals surface area (Å²) in [5, 5.41) is 12.9. The molecule has 5 heterocycles. The van der Waals surface area contributed by atoms with E-state index in [1.54, 1.807) is 11.2 Å². The Morgan fingerprint density at radius 1 is 1.27 bits per heavy atom. The maximum Gasteiger partial charge on any atom is 0.312 e. The molecule has 0 aliphatic carbocycles. The molecule has 1 aliphatic rings. The van der Waals surface area contributed by atoms with Crippen LogP contribution < -0.4 is 0 Å². The molecule has 1 amide bonds. The summed E-state index contributed by atoms with van der Waals surface area (Å²) in [6.45, 7) is 8.40. The third kappa shape index (κ3) is 2.89. The fourth-order valence-electron chi connectivity index (χ4n) is 3.84. The molecule has 0 saturated heterocycles. The summed E-state index contributed by atoms with van der Waals surface area (Å²) in [6.07, 6.45) is 2.33. The first-order valence-electron chi connectivity index (χ1n) is 9.95. The number of aromatic amines is 1. The van der Waals surface area contributed by atoms with Gasteiger partial charge in [0.15, 0.2) is 0 Å². The molecule has 30 heavy (non-hydrogen) atoms. The first kappa shape index (κ1) is 18.5. The van der Waals surface area contributed by atoms with E-state index in [1.165, 1.54) is 0 Å². The van der Waals surface area contributed by atoms with Crippen LogP contribution in [0.25, 0.3) is 5.52 Å². The Hall–Kier alpha value is -3.49. The second-order valence-electron chi connectivity index (χ2n) is 8.65. The number of imidazole rings is 1. The van der Waals surface area contributed by atoms with E-state index in [9.17, 15) is 4.79 Å². The predicted octanol–water partition coefficient (Wildman–Crippen LogP) is 2.83. The highest BCUT2D eigenvalue weighted by molar-refractivity contribution is 5.90. The number of nitrogens with one attached hydrogen (secondary N) is 1. The van der Waals surface area contributed by atoms with Crippen molar-refractivity contribution in [2.45, 2.75) is 45.6 Å². The smallest absolute Gasteiger partial charge is 0.312 e. The number of rotatable bonds is 2. The first-order valence-corrected chi connectivity index (χ1v) is 9.95. The van der Waals surface area contributed by atoms with Gasteiger partial charge in [-0.15, -0.1) is 10.2 Å². The fraction of sp³-hybridized carbons (Fsp3) is 0.381. The molecule has 4 aromatic rings. The summed E-state index contributed by atoms with van der Waals surface area (Å²) in [7, 11) is 0. The lowest BCUT2D eigenvalue weighted by Gasteiger charge is -2.32. The largest absolute Gasteiger partial charge is 0.416 e. The second-order valence-corrected chi connectivity index (χ2v) is 8.65. The molecular formula is C21H23N7O2. The van der Waals surface area contributed by atoms with E-state index in [1.807, 2.05) is 56.5 Å². The topological polar surface area (TPSA) is 105 Å². The van der Waals surface area contributed by atoms with Gasteiger partial charge in [-0.3, -0.25) is 4.79 Å². The average Bonchev–Trinajstić information content (AvgIpc) is 3.44. The van der Waals surface area contributed by atoms with Crippen LogP contribution in [0.2, 0.25) is 0 Å². The fourth-order valence-corrected chi connectivity index (χ4v) is 3.84. The minimum Gasteiger partial charge on any atom is -0.416 e. The van der Waals surface area contributed by atoms with Gasteiger partial charge in [-0.2, -0.15) is 5.10 Å². The molecule has 5 rings (SSSR count). The van der Waals surface area contributed by atoms with E-state index in [4.69, 9.17) is 9.52 Å². The number of aromatic nitrogens is 6. The van der Waals surface area contributed by atoms with Crippen LogP contribution in [0, 0.1) is 6.92 Å². The highest BCUT2D eigenvalue weighted by Crippen LogP contribution is 2.34. The Labute approximate surface area is 173 Å². The monoisotopic (exact) mass is 405 g/mol. The van der Waals surface area contributed by atoms with Crippen LogP contribution in [0.1, 0.15) is 66.2 Å². The number of amides is 1. The van der Waals surface area contributed by atoms with Gasteiger partial charge in [0.1, 0.15) is 6.04 Å². The number of fused-ring (bicyclic) bond motifs is 2. The summed E-state index contributed by atoms with van der Waals surface area (Å²) < 4.78 is 7.61. The van der Waals surface area contributed by atoms with Crippen LogP contribution >= 0.6 is 0 Å². The molecule has 1 N–H and O–H groups in total. The highest BCUT2D eigenvalue weighted by atomic mass is 16.4. The number of hydrogen-bond donors (Lipinski definition) is 1. The number of carbonyl (C=O) groups excluding carboxylic acids is 1. The Kier molecular flexibility index (Phi) is 4.02. The van der Waals surface area contributed by atoms with Crippen LogP contribution in [0.3, 0.4) is 0 Å². The van der Waals surface area contributed by atoms with E-state index in [0.29, 0.717) is 18.9 Å². The number of hydrogen-bond acceptors (Lipinski definition) is 6. The summed E-state index contributed by atoms with van der Waals surface area (Å²) >= 11 is 0. The van der Waals surface area contributed by atoms with Crippen molar-refractivity contribution in [3.63, 3.8) is 0 Å². The molecule has 1 atom stereocenters. The van der Waals surface area contributed by atoms with Crippen LogP contribution in [-0.4, -0.2) is 47.1 Å². The molecule has 0 spiro atoms. The highest BCUT2D eigenvalue weighted by Gasteiger charge is 2.38. The third-order valence-electron chi connectivity index (χ3n) is 5.41. The summed E-state index contributed by atoms with van der Waals surface area (Å²) in [6, 6.07) is 7.55. The summed E-state index contributed by atoms with van der Waals surface area (Å²) in [4.78, 5) is 22.8. The van der Waals surface area contributed by atoms with Crippen molar-refractivity contribution < 1.29 is 9.21 Å². The van der Waals surface area contributed by atoms with Crippen molar-refractivity contribution >= 4 is 11.4 Å². The summed E-state index contributed by atoms with van der Waals surface area (Å²) in [5.74, 6) is 0.109. The van der Waals surface area contributed by atoms with Crippen molar-refractivity contribution in [1.82, 2.24) is 34.7 Å². The van der Waals surface area contributed by atoms with Crippen LogP contribution in [0.4, 0.5) is 0 Å². The van der Waals surface area contributed by atoms with Gasteiger partial charge in [-0.25, -0.2) is 9.50 Å². The lowest BCUT2D eigenvalue weighted by molar-refractivity contribution is 0.0642. The zero-order valence-corrected chi connectivity index (χ0v) is 17.4. The van der Waals surface area contributed by atoms with Gasteiger partial charge in [-0.05, 0) is 25.1 Å². The molecule has 1 aliphatic heterocycles. The standard InChI is InChI=1S/C21H23N7O2/c1-12-6-5-7-13-10-15(26-28(12)13)17-16-14(22-11-23-16)8-9-27(17)19(29)18-24-25-20(30-18)21(2,3)4/h5-7,10-11,17H,8-9H2,1-4H3,(H,22,23)/t17-/m0/s1. The van der Waals surface area contributed by atoms with Crippen LogP contribution in [0.5, 0.6) is 0 Å². The van der Waals surface area contributed by atoms with E-state index in [0.717, 1.165) is 28.3 Å². The first-order chi connectivity index (χ1) is 14.3. The minimum absolute atomic E-state index is 0.0103. The SMILES string of the molecule is Cc1cccc2cc([C@H]3c4nc[nH]c4CCN3C(=O)c3nnc(C(C)(C)C)o3)nn12. The van der Waals surface area contributed by atoms with Crippen molar-refractivity contribution in [2.24, 2.45) is 0 Å². The van der Waals surface area contributed by atoms with E-state index in [-0.39, 0.29) is 17.2 Å². The second kappa shape index (κ2) is 6.51. The van der Waals surface area contributed by atoms with Gasteiger partial charge in [0.2, 0.25) is 5.89 Å². The predicted molar refractivity (Wildman–Crippen MR) is 108 cm³/mol. The Morgan fingerprint density at radius 3 is 2.83 bits per heavy atom. The molecule has 0 aromatic carbocycles. The van der Waals surface area contributed by atoms with E-state index in [2.05, 4.69) is 20.2 Å². The molecule has 154 valence electrons. The van der Waals surface area contributed by atoms with Crippen molar-refractivity contribution in [3.8, 4) is 0 Å². The molecular weight excluding hydrogens is 382 g/mol. The number of aryl methyl sites for hydroxylation is 1.